The van der Waals surface area contributed by atoms with E-state index < -0.39 is 18.0 Å². The Morgan fingerprint density at radius 2 is 1.45 bits per heavy atom. The molecule has 0 saturated heterocycles. The zero-order valence-electron chi connectivity index (χ0n) is 16.9. The summed E-state index contributed by atoms with van der Waals surface area (Å²) in [5.74, 6) is -3.99. The Morgan fingerprint density at radius 1 is 1.00 bits per heavy atom. The van der Waals surface area contributed by atoms with Gasteiger partial charge in [0.1, 0.15) is 0 Å². The van der Waals surface area contributed by atoms with Crippen molar-refractivity contribution in [3.05, 3.63) is 71.8 Å². The minimum Gasteiger partial charge on any atom is -0.456 e. The van der Waals surface area contributed by atoms with Gasteiger partial charge in [-0.3, -0.25) is 4.79 Å². The van der Waals surface area contributed by atoms with Gasteiger partial charge in [0.2, 0.25) is 0 Å². The van der Waals surface area contributed by atoms with Crippen LogP contribution in [0, 0.1) is 0 Å². The smallest absolute Gasteiger partial charge is 0.334 e. The van der Waals surface area contributed by atoms with Crippen molar-refractivity contribution in [2.75, 3.05) is 0 Å². The third-order valence-electron chi connectivity index (χ3n) is 4.41. The lowest BCUT2D eigenvalue weighted by Gasteiger charge is -2.18. The number of fused-ring (bicyclic) bond motifs is 3. The summed E-state index contributed by atoms with van der Waals surface area (Å²) >= 11 is 0. The van der Waals surface area contributed by atoms with Crippen molar-refractivity contribution in [2.24, 2.45) is 0 Å². The van der Waals surface area contributed by atoms with E-state index in [1.165, 1.54) is 0 Å². The fraction of sp³-hybridized carbons (Fsp3) is 0.304. The fourth-order valence-electron chi connectivity index (χ4n) is 2.80. The molecule has 0 fully saturated rings. The average molecular weight is 402 g/mol. The Morgan fingerprint density at radius 3 is 1.79 bits per heavy atom. The van der Waals surface area contributed by atoms with E-state index in [1.54, 1.807) is 6.92 Å². The van der Waals surface area contributed by atoms with Crippen molar-refractivity contribution < 1.29 is 27.8 Å². The lowest BCUT2D eigenvalue weighted by atomic mass is 10.1. The maximum Gasteiger partial charge on any atom is 0.334 e. The number of esters is 2. The van der Waals surface area contributed by atoms with Crippen LogP contribution in [0.5, 0.6) is 0 Å². The number of halogens is 2. The number of hydrogen-bond donors (Lipinski definition) is 0. The molecule has 1 aliphatic rings. The van der Waals surface area contributed by atoms with Crippen LogP contribution in [0.2, 0.25) is 0 Å². The Labute approximate surface area is 169 Å². The molecule has 1 unspecified atom stereocenters. The van der Waals surface area contributed by atoms with Gasteiger partial charge in [0.15, 0.2) is 12.2 Å². The van der Waals surface area contributed by atoms with Gasteiger partial charge in [0, 0.05) is 30.5 Å². The molecule has 0 radical (unpaired) electrons. The van der Waals surface area contributed by atoms with Gasteiger partial charge in [-0.05, 0) is 25.0 Å². The number of carbonyl (C=O) groups excluding carboxylic acids is 2. The predicted molar refractivity (Wildman–Crippen MR) is 106 cm³/mol. The standard InChI is InChI=1S/C17H14O2.C6H10F2O2/c1-11(2)17(18)19-16-14-9-5-3-7-12(14)13-8-4-6-10-15(13)16;1-4(6(3,7)8)10-5(2)9/h3-10,16H,1H2,2H3;4H,1-3H3. The largest absolute Gasteiger partial charge is 0.456 e. The number of ether oxygens (including phenoxy) is 2. The highest BCUT2D eigenvalue weighted by atomic mass is 19.3. The van der Waals surface area contributed by atoms with Gasteiger partial charge < -0.3 is 9.47 Å². The molecule has 0 heterocycles. The molecule has 0 spiro atoms. The molecule has 6 heteroatoms. The van der Waals surface area contributed by atoms with Gasteiger partial charge in [-0.15, -0.1) is 0 Å². The summed E-state index contributed by atoms with van der Waals surface area (Å²) in [6.45, 7) is 8.26. The number of benzene rings is 2. The molecule has 29 heavy (non-hydrogen) atoms. The SMILES string of the molecule is C=C(C)C(=O)OC1c2ccccc2-c2ccccc21.CC(=O)OC(C)C(C)(F)F. The Balaban J connectivity index is 0.000000257. The van der Waals surface area contributed by atoms with Crippen molar-refractivity contribution in [1.29, 1.82) is 0 Å². The molecular weight excluding hydrogens is 378 g/mol. The van der Waals surface area contributed by atoms with Crippen molar-refractivity contribution in [3.63, 3.8) is 0 Å². The molecule has 1 aliphatic carbocycles. The summed E-state index contributed by atoms with van der Waals surface area (Å²) in [6.07, 6.45) is -1.67. The fourth-order valence-corrected chi connectivity index (χ4v) is 2.80. The van der Waals surface area contributed by atoms with E-state index in [1.807, 2.05) is 36.4 Å². The van der Waals surface area contributed by atoms with Gasteiger partial charge >= 0.3 is 11.9 Å². The van der Waals surface area contributed by atoms with Gasteiger partial charge in [0.05, 0.1) is 0 Å². The number of carbonyl (C=O) groups is 2. The normalized spacial score (nSPS) is 13.3. The molecule has 0 aromatic heterocycles. The van der Waals surface area contributed by atoms with E-state index in [2.05, 4.69) is 23.4 Å². The average Bonchev–Trinajstić information content (AvgIpc) is 2.95. The maximum absolute atomic E-state index is 12.2. The first-order valence-electron chi connectivity index (χ1n) is 9.12. The van der Waals surface area contributed by atoms with E-state index in [0.717, 1.165) is 36.1 Å². The molecule has 3 rings (SSSR count). The van der Waals surface area contributed by atoms with Crippen molar-refractivity contribution >= 4 is 11.9 Å². The van der Waals surface area contributed by atoms with Gasteiger partial charge in [0.25, 0.3) is 5.92 Å². The number of rotatable bonds is 4. The van der Waals surface area contributed by atoms with Crippen LogP contribution in [-0.4, -0.2) is 24.0 Å². The highest BCUT2D eigenvalue weighted by Gasteiger charge is 2.32. The van der Waals surface area contributed by atoms with E-state index in [9.17, 15) is 18.4 Å². The molecular formula is C23H24F2O4. The van der Waals surface area contributed by atoms with Crippen LogP contribution < -0.4 is 0 Å². The summed E-state index contributed by atoms with van der Waals surface area (Å²) in [5, 5.41) is 0. The van der Waals surface area contributed by atoms with Crippen LogP contribution in [-0.2, 0) is 19.1 Å². The van der Waals surface area contributed by atoms with E-state index in [4.69, 9.17) is 4.74 Å². The first-order chi connectivity index (χ1) is 13.5. The van der Waals surface area contributed by atoms with Crippen LogP contribution in [0.25, 0.3) is 11.1 Å². The van der Waals surface area contributed by atoms with E-state index >= 15 is 0 Å². The van der Waals surface area contributed by atoms with Crippen LogP contribution >= 0.6 is 0 Å². The highest BCUT2D eigenvalue weighted by molar-refractivity contribution is 5.88. The minimum atomic E-state index is -2.95. The molecule has 0 N–H and O–H groups in total. The third kappa shape index (κ3) is 5.50. The van der Waals surface area contributed by atoms with Crippen molar-refractivity contribution in [1.82, 2.24) is 0 Å². The minimum absolute atomic E-state index is 0.323. The van der Waals surface area contributed by atoms with Gasteiger partial charge in [-0.25, -0.2) is 13.6 Å². The zero-order chi connectivity index (χ0) is 21.8. The predicted octanol–water partition coefficient (Wildman–Crippen LogP) is 5.47. The molecule has 0 bridgehead atoms. The molecule has 0 saturated carbocycles. The number of alkyl halides is 2. The van der Waals surface area contributed by atoms with Crippen LogP contribution in [0.1, 0.15) is 44.9 Å². The Kier molecular flexibility index (Phi) is 6.90. The van der Waals surface area contributed by atoms with Crippen LogP contribution in [0.3, 0.4) is 0 Å². The molecule has 1 atom stereocenters. The third-order valence-corrected chi connectivity index (χ3v) is 4.41. The Bertz CT molecular complexity index is 870. The summed E-state index contributed by atoms with van der Waals surface area (Å²) in [6, 6.07) is 16.1. The summed E-state index contributed by atoms with van der Waals surface area (Å²) < 4.78 is 34.2. The second-order valence-corrected chi connectivity index (χ2v) is 6.95. The van der Waals surface area contributed by atoms with Gasteiger partial charge in [-0.1, -0.05) is 55.1 Å². The molecule has 0 amide bonds. The summed E-state index contributed by atoms with van der Waals surface area (Å²) in [7, 11) is 0. The maximum atomic E-state index is 12.2. The lowest BCUT2D eigenvalue weighted by Crippen LogP contribution is -2.31. The summed E-state index contributed by atoms with van der Waals surface area (Å²) in [4.78, 5) is 21.9. The second-order valence-electron chi connectivity index (χ2n) is 6.95. The van der Waals surface area contributed by atoms with Gasteiger partial charge in [-0.2, -0.15) is 0 Å². The molecule has 0 aliphatic heterocycles. The monoisotopic (exact) mass is 402 g/mol. The quantitative estimate of drug-likeness (QED) is 0.503. The van der Waals surface area contributed by atoms with Crippen LogP contribution in [0.4, 0.5) is 8.78 Å². The van der Waals surface area contributed by atoms with Crippen LogP contribution in [0.15, 0.2) is 60.7 Å². The first-order valence-corrected chi connectivity index (χ1v) is 9.12. The first kappa shape index (κ1) is 22.3. The van der Waals surface area contributed by atoms with E-state index in [0.29, 0.717) is 12.5 Å². The number of hydrogen-bond acceptors (Lipinski definition) is 4. The van der Waals surface area contributed by atoms with Crippen molar-refractivity contribution in [2.45, 2.75) is 45.8 Å². The van der Waals surface area contributed by atoms with Crippen molar-refractivity contribution in [3.8, 4) is 11.1 Å². The zero-order valence-corrected chi connectivity index (χ0v) is 16.9. The second kappa shape index (κ2) is 8.99. The molecule has 154 valence electrons. The molecule has 4 nitrogen and oxygen atoms in total. The Hall–Kier alpha value is -3.02. The topological polar surface area (TPSA) is 52.6 Å². The molecule has 2 aromatic rings. The summed E-state index contributed by atoms with van der Waals surface area (Å²) in [5.41, 5.74) is 4.77. The molecule has 2 aromatic carbocycles. The van der Waals surface area contributed by atoms with E-state index in [-0.39, 0.29) is 12.1 Å². The lowest BCUT2D eigenvalue weighted by molar-refractivity contribution is -0.164. The highest BCUT2D eigenvalue weighted by Crippen LogP contribution is 2.45.